The molecule has 0 unspecified atom stereocenters. The number of phenols is 2. The molecule has 2 amide bonds. The Bertz CT molecular complexity index is 3410. The number of phenolic OH excluding ortho intramolecular Hbond substituents is 2. The number of nitrogens with zero attached hydrogens (tertiary/aromatic N) is 7. The van der Waals surface area contributed by atoms with Gasteiger partial charge in [-0.15, -0.1) is 0 Å². The largest absolute Gasteiger partial charge is 0.508 e. The second kappa shape index (κ2) is 17.7. The van der Waals surface area contributed by atoms with Crippen LogP contribution in [0.15, 0.2) is 76.4 Å². The van der Waals surface area contributed by atoms with Crippen LogP contribution in [0.1, 0.15) is 87.1 Å². The van der Waals surface area contributed by atoms with Gasteiger partial charge in [0, 0.05) is 66.4 Å². The molecule has 362 valence electrons. The molecule has 0 bridgehead atoms. The van der Waals surface area contributed by atoms with Crippen LogP contribution in [0, 0.1) is 5.92 Å². The van der Waals surface area contributed by atoms with Crippen LogP contribution in [0.5, 0.6) is 17.2 Å². The number of hydrogen-bond donors (Lipinski definition) is 4. The van der Waals surface area contributed by atoms with Gasteiger partial charge in [-0.1, -0.05) is 27.7 Å². The number of aromatic hydroxyl groups is 2. The minimum Gasteiger partial charge on any atom is -0.508 e. The molecule has 0 spiro atoms. The number of rotatable bonds is 11. The van der Waals surface area contributed by atoms with Crippen molar-refractivity contribution >= 4 is 39.8 Å². The van der Waals surface area contributed by atoms with E-state index in [1.54, 1.807) is 46.7 Å². The lowest BCUT2D eigenvalue weighted by Gasteiger charge is -2.33. The van der Waals surface area contributed by atoms with Gasteiger partial charge in [0.1, 0.15) is 30.4 Å². The number of carbonyl (C=O) groups is 3. The fourth-order valence-electron chi connectivity index (χ4n) is 10.4. The highest BCUT2D eigenvalue weighted by molar-refractivity contribution is 5.91. The van der Waals surface area contributed by atoms with Crippen molar-refractivity contribution in [2.45, 2.75) is 91.0 Å². The van der Waals surface area contributed by atoms with E-state index in [-0.39, 0.29) is 77.7 Å². The number of piperidine rings is 1. The SMILES string of the molecule is CCc1c2c(nc3ccc(OC(=O)N(C)CC(=O)N4CCC(CCn5ccc6cc(-n7c(-c8cc(C(C)C)c(O)cc8O)n[nH]c7=O)ccc65)CC4)cc13)-c1cc3c(c(=O)n1C2)COC(=O)[C@]3(O)CC. The van der Waals surface area contributed by atoms with Crippen LogP contribution in [0.4, 0.5) is 4.79 Å². The number of likely N-dealkylation sites (tertiary alicyclic amines) is 1. The van der Waals surface area contributed by atoms with E-state index in [1.165, 1.54) is 22.6 Å². The number of aryl methyl sites for hydroxylation is 2. The highest BCUT2D eigenvalue weighted by Gasteiger charge is 2.45. The van der Waals surface area contributed by atoms with E-state index in [1.807, 2.05) is 51.2 Å². The first-order chi connectivity index (χ1) is 33.6. The maximum absolute atomic E-state index is 13.7. The number of aliphatic hydroxyl groups is 1. The first-order valence-corrected chi connectivity index (χ1v) is 23.7. The maximum Gasteiger partial charge on any atom is 0.415 e. The van der Waals surface area contributed by atoms with Crippen molar-refractivity contribution in [2.24, 2.45) is 5.92 Å². The van der Waals surface area contributed by atoms with Gasteiger partial charge in [0.05, 0.1) is 40.3 Å². The third-order valence-electron chi connectivity index (χ3n) is 14.5. The lowest BCUT2D eigenvalue weighted by atomic mass is 9.86. The number of H-pyrrole nitrogens is 1. The van der Waals surface area contributed by atoms with Crippen molar-refractivity contribution < 1.29 is 39.2 Å². The predicted octanol–water partition coefficient (Wildman–Crippen LogP) is 6.43. The zero-order valence-electron chi connectivity index (χ0n) is 39.6. The van der Waals surface area contributed by atoms with Crippen molar-refractivity contribution in [3.05, 3.63) is 116 Å². The summed E-state index contributed by atoms with van der Waals surface area (Å²) >= 11 is 0. The van der Waals surface area contributed by atoms with Crippen molar-refractivity contribution in [3.63, 3.8) is 0 Å². The molecule has 18 nitrogen and oxygen atoms in total. The highest BCUT2D eigenvalue weighted by Crippen LogP contribution is 2.42. The van der Waals surface area contributed by atoms with Crippen molar-refractivity contribution in [1.29, 1.82) is 0 Å². The number of nitrogens with one attached hydrogen (secondary N) is 1. The van der Waals surface area contributed by atoms with Gasteiger partial charge in [-0.3, -0.25) is 9.59 Å². The zero-order valence-corrected chi connectivity index (χ0v) is 39.6. The summed E-state index contributed by atoms with van der Waals surface area (Å²) in [5, 5.41) is 40.8. The molecule has 1 fully saturated rings. The number of ether oxygens (including phenoxy) is 2. The number of hydrogen-bond acceptors (Lipinski definition) is 12. The molecular weight excluding hydrogens is 897 g/mol. The number of fused-ring (bicyclic) bond motifs is 6. The summed E-state index contributed by atoms with van der Waals surface area (Å²) in [5.41, 5.74) is 3.79. The molecule has 3 aliphatic rings. The molecule has 3 aromatic carbocycles. The molecule has 4 aromatic heterocycles. The van der Waals surface area contributed by atoms with Gasteiger partial charge in [0.25, 0.3) is 5.56 Å². The lowest BCUT2D eigenvalue weighted by molar-refractivity contribution is -0.172. The van der Waals surface area contributed by atoms with Crippen LogP contribution in [-0.4, -0.2) is 98.7 Å². The normalized spacial score (nSPS) is 16.7. The van der Waals surface area contributed by atoms with Crippen LogP contribution in [0.3, 0.4) is 0 Å². The molecule has 4 N–H and O–H groups in total. The van der Waals surface area contributed by atoms with E-state index in [0.717, 1.165) is 53.2 Å². The van der Waals surface area contributed by atoms with E-state index in [4.69, 9.17) is 14.5 Å². The van der Waals surface area contributed by atoms with Gasteiger partial charge in [0.2, 0.25) is 5.91 Å². The number of pyridine rings is 2. The summed E-state index contributed by atoms with van der Waals surface area (Å²) in [5.74, 6) is -0.283. The number of aromatic nitrogens is 6. The third-order valence-corrected chi connectivity index (χ3v) is 14.5. The Labute approximate surface area is 401 Å². The minimum absolute atomic E-state index is 0.0256. The Kier molecular flexibility index (Phi) is 11.6. The molecule has 1 saturated heterocycles. The summed E-state index contributed by atoms with van der Waals surface area (Å²) in [4.78, 5) is 74.2. The van der Waals surface area contributed by atoms with Crippen molar-refractivity contribution in [3.8, 4) is 45.7 Å². The number of cyclic esters (lactones) is 1. The molecule has 1 atom stereocenters. The van der Waals surface area contributed by atoms with Crippen molar-refractivity contribution in [1.82, 2.24) is 38.7 Å². The fourth-order valence-corrected chi connectivity index (χ4v) is 10.4. The number of likely N-dealkylation sites (N-methyl/N-ethyl adjacent to an activating group) is 1. The molecule has 7 heterocycles. The number of carbonyl (C=O) groups excluding carboxylic acids is 3. The van der Waals surface area contributed by atoms with Gasteiger partial charge in [0.15, 0.2) is 11.4 Å². The fraction of sp³-hybridized carbons (Fsp3) is 0.365. The summed E-state index contributed by atoms with van der Waals surface area (Å²) in [6.45, 7) is 9.31. The second-order valence-corrected chi connectivity index (χ2v) is 18.9. The van der Waals surface area contributed by atoms with Gasteiger partial charge in [-0.05, 0) is 110 Å². The molecule has 18 heteroatoms. The summed E-state index contributed by atoms with van der Waals surface area (Å²) in [7, 11) is 1.53. The Hall–Kier alpha value is -7.73. The maximum atomic E-state index is 13.7. The average molecular weight is 951 g/mol. The van der Waals surface area contributed by atoms with Gasteiger partial charge < -0.3 is 43.7 Å². The number of aromatic amines is 1. The molecule has 0 saturated carbocycles. The predicted molar refractivity (Wildman–Crippen MR) is 259 cm³/mol. The molecule has 0 radical (unpaired) electrons. The minimum atomic E-state index is -1.93. The van der Waals surface area contributed by atoms with Crippen LogP contribution < -0.4 is 16.0 Å². The smallest absolute Gasteiger partial charge is 0.415 e. The number of esters is 1. The topological polar surface area (TPSA) is 227 Å². The molecule has 0 aliphatic carbocycles. The standard InChI is InChI=1S/C52H54N8O10/c1-6-33-35-21-32(9-10-40(35)53-46-37(33)25-59-42(46)23-39-38(48(59)64)27-69-49(65)52(39,68)7-2)70-51(67)56(5)26-45(63)58-17-13-29(14-18-58)12-16-57-19-15-30-20-31(8-11-41(30)57)60-47(54-55-50(60)66)36-22-34(28(3)4)43(61)24-44(36)62/h8-11,15,19-24,28-29,61-62,68H,6-7,12-14,16-18,25-27H2,1-5H3,(H,55,66)/t52-/m0/s1. The zero-order chi connectivity index (χ0) is 49.3. The quantitative estimate of drug-likeness (QED) is 0.103. The number of amides is 2. The van der Waals surface area contributed by atoms with E-state index < -0.39 is 23.4 Å². The summed E-state index contributed by atoms with van der Waals surface area (Å²) < 4.78 is 16.2. The van der Waals surface area contributed by atoms with E-state index in [2.05, 4.69) is 14.8 Å². The first-order valence-electron chi connectivity index (χ1n) is 23.7. The van der Waals surface area contributed by atoms with E-state index >= 15 is 0 Å². The Morgan fingerprint density at radius 3 is 2.51 bits per heavy atom. The van der Waals surface area contributed by atoms with Crippen molar-refractivity contribution in [2.75, 3.05) is 26.7 Å². The highest BCUT2D eigenvalue weighted by atomic mass is 16.6. The second-order valence-electron chi connectivity index (χ2n) is 18.9. The van der Waals surface area contributed by atoms with Gasteiger partial charge in [-0.2, -0.15) is 5.10 Å². The lowest BCUT2D eigenvalue weighted by Crippen LogP contribution is -2.45. The van der Waals surface area contributed by atoms with E-state index in [9.17, 15) is 39.3 Å². The summed E-state index contributed by atoms with van der Waals surface area (Å²) in [6.07, 6.45) is 4.53. The van der Waals surface area contributed by atoms with Crippen LogP contribution in [0.25, 0.3) is 50.3 Å². The molecule has 10 rings (SSSR count). The van der Waals surface area contributed by atoms with Crippen LogP contribution in [-0.2, 0) is 46.0 Å². The third kappa shape index (κ3) is 7.75. The van der Waals surface area contributed by atoms with Gasteiger partial charge in [-0.25, -0.2) is 29.0 Å². The monoisotopic (exact) mass is 950 g/mol. The molecule has 7 aromatic rings. The molecular formula is C52H54N8O10. The van der Waals surface area contributed by atoms with Crippen LogP contribution >= 0.6 is 0 Å². The summed E-state index contributed by atoms with van der Waals surface area (Å²) in [6, 6.07) is 17.5. The Balaban J connectivity index is 0.750. The number of benzene rings is 3. The van der Waals surface area contributed by atoms with Gasteiger partial charge >= 0.3 is 17.8 Å². The first kappa shape index (κ1) is 46.0. The Morgan fingerprint density at radius 2 is 1.77 bits per heavy atom. The average Bonchev–Trinajstić information content (AvgIpc) is 4.05. The molecule has 70 heavy (non-hydrogen) atoms. The van der Waals surface area contributed by atoms with Crippen LogP contribution in [0.2, 0.25) is 0 Å². The molecule has 3 aliphatic heterocycles. The Morgan fingerprint density at radius 1 is 0.986 bits per heavy atom. The van der Waals surface area contributed by atoms with E-state index in [0.29, 0.717) is 59.1 Å².